The molecule has 1 aromatic heterocycles. The first-order valence-electron chi connectivity index (χ1n) is 7.44. The van der Waals surface area contributed by atoms with Gasteiger partial charge in [-0.15, -0.1) is 0 Å². The SMILES string of the molecule is O=C(c1cccnc1)N1CCC(Nc2ccccc2Br)CC1. The molecule has 2 aromatic rings. The number of nitrogens with zero attached hydrogens (tertiary/aromatic N) is 2. The van der Waals surface area contributed by atoms with Crippen molar-refractivity contribution in [3.63, 3.8) is 0 Å². The molecule has 0 unspecified atom stereocenters. The van der Waals surface area contributed by atoms with E-state index in [4.69, 9.17) is 0 Å². The molecule has 114 valence electrons. The maximum atomic E-state index is 12.4. The van der Waals surface area contributed by atoms with Crippen molar-refractivity contribution in [3.8, 4) is 0 Å². The number of hydrogen-bond donors (Lipinski definition) is 1. The number of nitrogens with one attached hydrogen (secondary N) is 1. The van der Waals surface area contributed by atoms with Gasteiger partial charge in [-0.25, -0.2) is 0 Å². The number of benzene rings is 1. The lowest BCUT2D eigenvalue weighted by molar-refractivity contribution is 0.0718. The monoisotopic (exact) mass is 359 g/mol. The Labute approximate surface area is 138 Å². The van der Waals surface area contributed by atoms with Gasteiger partial charge in [0.05, 0.1) is 5.56 Å². The predicted octanol–water partition coefficient (Wildman–Crippen LogP) is 3.56. The van der Waals surface area contributed by atoms with E-state index in [2.05, 4.69) is 32.3 Å². The van der Waals surface area contributed by atoms with Gasteiger partial charge in [0.25, 0.3) is 5.91 Å². The molecule has 4 nitrogen and oxygen atoms in total. The Balaban J connectivity index is 1.57. The first-order valence-corrected chi connectivity index (χ1v) is 8.24. The van der Waals surface area contributed by atoms with Crippen molar-refractivity contribution in [3.05, 3.63) is 58.8 Å². The van der Waals surface area contributed by atoms with Crippen LogP contribution in [0.5, 0.6) is 0 Å². The summed E-state index contributed by atoms with van der Waals surface area (Å²) in [6.45, 7) is 1.55. The van der Waals surface area contributed by atoms with E-state index in [-0.39, 0.29) is 5.91 Å². The molecule has 1 aliphatic heterocycles. The molecule has 1 N–H and O–H groups in total. The minimum absolute atomic E-state index is 0.0763. The summed E-state index contributed by atoms with van der Waals surface area (Å²) in [5, 5.41) is 3.55. The van der Waals surface area contributed by atoms with Gasteiger partial charge >= 0.3 is 0 Å². The lowest BCUT2D eigenvalue weighted by Crippen LogP contribution is -2.42. The van der Waals surface area contributed by atoms with E-state index in [1.807, 2.05) is 29.2 Å². The molecule has 1 aromatic carbocycles. The van der Waals surface area contributed by atoms with Crippen LogP contribution in [0.2, 0.25) is 0 Å². The molecule has 22 heavy (non-hydrogen) atoms. The topological polar surface area (TPSA) is 45.2 Å². The van der Waals surface area contributed by atoms with Gasteiger partial charge in [0.15, 0.2) is 0 Å². The lowest BCUT2D eigenvalue weighted by atomic mass is 10.0. The highest BCUT2D eigenvalue weighted by Gasteiger charge is 2.23. The number of piperidine rings is 1. The summed E-state index contributed by atoms with van der Waals surface area (Å²) in [6.07, 6.45) is 5.22. The van der Waals surface area contributed by atoms with E-state index in [1.165, 1.54) is 0 Å². The molecule has 1 amide bonds. The van der Waals surface area contributed by atoms with E-state index in [1.54, 1.807) is 18.5 Å². The maximum absolute atomic E-state index is 12.4. The minimum Gasteiger partial charge on any atom is -0.381 e. The number of amides is 1. The quantitative estimate of drug-likeness (QED) is 0.910. The van der Waals surface area contributed by atoms with Crippen LogP contribution >= 0.6 is 15.9 Å². The van der Waals surface area contributed by atoms with E-state index in [9.17, 15) is 4.79 Å². The van der Waals surface area contributed by atoms with Gasteiger partial charge in [0.2, 0.25) is 0 Å². The van der Waals surface area contributed by atoms with Gasteiger partial charge in [-0.1, -0.05) is 12.1 Å². The molecule has 0 saturated carbocycles. The average molecular weight is 360 g/mol. The summed E-state index contributed by atoms with van der Waals surface area (Å²) in [5.41, 5.74) is 1.78. The van der Waals surface area contributed by atoms with E-state index in [0.29, 0.717) is 11.6 Å². The number of hydrogen-bond acceptors (Lipinski definition) is 3. The molecule has 0 atom stereocenters. The van der Waals surface area contributed by atoms with E-state index < -0.39 is 0 Å². The second-order valence-corrected chi connectivity index (χ2v) is 6.29. The number of aromatic nitrogens is 1. The molecule has 0 radical (unpaired) electrons. The largest absolute Gasteiger partial charge is 0.381 e. The van der Waals surface area contributed by atoms with Gasteiger partial charge in [0, 0.05) is 41.7 Å². The van der Waals surface area contributed by atoms with E-state index in [0.717, 1.165) is 36.1 Å². The minimum atomic E-state index is 0.0763. The third kappa shape index (κ3) is 3.47. The van der Waals surface area contributed by atoms with Crippen LogP contribution in [0.3, 0.4) is 0 Å². The van der Waals surface area contributed by atoms with Crippen molar-refractivity contribution in [2.45, 2.75) is 18.9 Å². The molecule has 2 heterocycles. The van der Waals surface area contributed by atoms with Gasteiger partial charge < -0.3 is 10.2 Å². The number of anilines is 1. The number of pyridine rings is 1. The number of rotatable bonds is 3. The summed E-state index contributed by atoms with van der Waals surface area (Å²) in [5.74, 6) is 0.0763. The molecule has 1 aliphatic rings. The first-order chi connectivity index (χ1) is 10.7. The molecular weight excluding hydrogens is 342 g/mol. The second kappa shape index (κ2) is 6.92. The van der Waals surface area contributed by atoms with Crippen molar-refractivity contribution >= 4 is 27.5 Å². The lowest BCUT2D eigenvalue weighted by Gasteiger charge is -2.33. The zero-order chi connectivity index (χ0) is 15.4. The third-order valence-corrected chi connectivity index (χ3v) is 4.62. The molecule has 0 aliphatic carbocycles. The fourth-order valence-corrected chi connectivity index (χ4v) is 3.10. The normalized spacial score (nSPS) is 15.6. The number of likely N-dealkylation sites (tertiary alicyclic amines) is 1. The fourth-order valence-electron chi connectivity index (χ4n) is 2.70. The van der Waals surface area contributed by atoms with Crippen molar-refractivity contribution in [2.24, 2.45) is 0 Å². The fraction of sp³-hybridized carbons (Fsp3) is 0.294. The molecule has 0 spiro atoms. The van der Waals surface area contributed by atoms with Gasteiger partial charge in [-0.05, 0) is 53.0 Å². The molecule has 0 bridgehead atoms. The zero-order valence-electron chi connectivity index (χ0n) is 12.2. The maximum Gasteiger partial charge on any atom is 0.255 e. The van der Waals surface area contributed by atoms with Crippen molar-refractivity contribution in [1.82, 2.24) is 9.88 Å². The molecule has 1 saturated heterocycles. The second-order valence-electron chi connectivity index (χ2n) is 5.43. The van der Waals surface area contributed by atoms with Crippen molar-refractivity contribution in [1.29, 1.82) is 0 Å². The Kier molecular flexibility index (Phi) is 4.73. The first kappa shape index (κ1) is 15.0. The average Bonchev–Trinajstić information content (AvgIpc) is 2.58. The standard InChI is InChI=1S/C17H18BrN3O/c18-15-5-1-2-6-16(15)20-14-7-10-21(11-8-14)17(22)13-4-3-9-19-12-13/h1-6,9,12,14,20H,7-8,10-11H2. The Hall–Kier alpha value is -1.88. The van der Waals surface area contributed by atoms with Crippen LogP contribution in [0.1, 0.15) is 23.2 Å². The van der Waals surface area contributed by atoms with Crippen LogP contribution in [0, 0.1) is 0 Å². The van der Waals surface area contributed by atoms with Crippen LogP contribution in [-0.4, -0.2) is 34.9 Å². The Morgan fingerprint density at radius 1 is 1.18 bits per heavy atom. The number of para-hydroxylation sites is 1. The van der Waals surface area contributed by atoms with Gasteiger partial charge in [0.1, 0.15) is 0 Å². The summed E-state index contributed by atoms with van der Waals surface area (Å²) in [4.78, 5) is 18.3. The Bertz CT molecular complexity index is 639. The highest BCUT2D eigenvalue weighted by molar-refractivity contribution is 9.10. The van der Waals surface area contributed by atoms with Gasteiger partial charge in [-0.3, -0.25) is 9.78 Å². The Morgan fingerprint density at radius 2 is 1.95 bits per heavy atom. The highest BCUT2D eigenvalue weighted by Crippen LogP contribution is 2.24. The summed E-state index contributed by atoms with van der Waals surface area (Å²) in [6, 6.07) is 12.1. The molecule has 3 rings (SSSR count). The molecular formula is C17H18BrN3O. The summed E-state index contributed by atoms with van der Waals surface area (Å²) >= 11 is 3.55. The number of carbonyl (C=O) groups is 1. The van der Waals surface area contributed by atoms with Gasteiger partial charge in [-0.2, -0.15) is 0 Å². The highest BCUT2D eigenvalue weighted by atomic mass is 79.9. The summed E-state index contributed by atoms with van der Waals surface area (Å²) < 4.78 is 1.07. The van der Waals surface area contributed by atoms with Crippen molar-refractivity contribution in [2.75, 3.05) is 18.4 Å². The van der Waals surface area contributed by atoms with Crippen LogP contribution in [0.4, 0.5) is 5.69 Å². The summed E-state index contributed by atoms with van der Waals surface area (Å²) in [7, 11) is 0. The van der Waals surface area contributed by atoms with Crippen LogP contribution < -0.4 is 5.32 Å². The van der Waals surface area contributed by atoms with Crippen molar-refractivity contribution < 1.29 is 4.79 Å². The third-order valence-electron chi connectivity index (χ3n) is 3.92. The van der Waals surface area contributed by atoms with Crippen LogP contribution in [0.25, 0.3) is 0 Å². The smallest absolute Gasteiger partial charge is 0.255 e. The van der Waals surface area contributed by atoms with Crippen LogP contribution in [-0.2, 0) is 0 Å². The molecule has 1 fully saturated rings. The predicted molar refractivity (Wildman–Crippen MR) is 90.9 cm³/mol. The molecule has 5 heteroatoms. The zero-order valence-corrected chi connectivity index (χ0v) is 13.8. The van der Waals surface area contributed by atoms with Crippen LogP contribution in [0.15, 0.2) is 53.3 Å². The number of halogens is 1. The van der Waals surface area contributed by atoms with E-state index >= 15 is 0 Å². The Morgan fingerprint density at radius 3 is 2.64 bits per heavy atom. The number of carbonyl (C=O) groups excluding carboxylic acids is 1.